The monoisotopic (exact) mass is 635 g/mol. The van der Waals surface area contributed by atoms with Gasteiger partial charge < -0.3 is 4.90 Å². The van der Waals surface area contributed by atoms with Gasteiger partial charge in [0, 0.05) is 36.5 Å². The first-order valence-electron chi connectivity index (χ1n) is 12.3. The van der Waals surface area contributed by atoms with Gasteiger partial charge in [0.25, 0.3) is 0 Å². The first-order valence-corrected chi connectivity index (χ1v) is 15.1. The largest absolute Gasteiger partial charge is 0.451 e. The van der Waals surface area contributed by atoms with Crippen molar-refractivity contribution < 1.29 is 39.6 Å². The Kier molecular flexibility index (Phi) is 10.6. The summed E-state index contributed by atoms with van der Waals surface area (Å²) >= 11 is 1.16. The molecule has 1 aliphatic heterocycles. The maximum absolute atomic E-state index is 14.9. The zero-order valence-electron chi connectivity index (χ0n) is 22.6. The standard InChI is InChI=1S/C26H27F6N5O3S2/c1-15(27)17(9-22(33-3)18-11-34-25(35-12-18)26(30,31)32)13-36(14-41-4)24(38)23-10-21(29)16(2)37(23)42(39,40)20-7-5-19(28)6-8-20/h5-9,11-12,16,21,23H,3,10,13-14H2,1-2,4H3/b17-15-,22-9-/t16-,21+,23-/m0/s1. The third-order valence-electron chi connectivity index (χ3n) is 6.44. The van der Waals surface area contributed by atoms with Crippen LogP contribution in [0.5, 0.6) is 0 Å². The number of sulfonamides is 1. The SMILES string of the molecule is C=N/C(=C\C(CN(CSC)C(=O)[C@@H]1C[C@@H](F)[C@H](C)N1S(=O)(=O)c1ccc(F)cc1)=C(/C)F)c1cnc(C(F)(F)F)nc1. The number of aromatic nitrogens is 2. The molecule has 2 heterocycles. The summed E-state index contributed by atoms with van der Waals surface area (Å²) in [5.41, 5.74) is -0.234. The fourth-order valence-electron chi connectivity index (χ4n) is 4.29. The van der Waals surface area contributed by atoms with Crippen molar-refractivity contribution in [3.8, 4) is 0 Å². The third kappa shape index (κ3) is 7.39. The van der Waals surface area contributed by atoms with Gasteiger partial charge in [-0.05, 0) is 57.2 Å². The van der Waals surface area contributed by atoms with Crippen LogP contribution in [0, 0.1) is 5.82 Å². The quantitative estimate of drug-likeness (QED) is 0.153. The molecular formula is C26H27F6N5O3S2. The number of rotatable bonds is 10. The third-order valence-corrected chi connectivity index (χ3v) is 9.02. The van der Waals surface area contributed by atoms with E-state index < -0.39 is 70.8 Å². The molecule has 1 aromatic carbocycles. The molecule has 1 saturated heterocycles. The van der Waals surface area contributed by atoms with Crippen LogP contribution in [-0.2, 0) is 21.0 Å². The summed E-state index contributed by atoms with van der Waals surface area (Å²) in [6, 6.07) is 1.17. The number of hydrogen-bond acceptors (Lipinski definition) is 7. The molecule has 1 amide bonds. The van der Waals surface area contributed by atoms with Crippen molar-refractivity contribution in [2.45, 2.75) is 49.6 Å². The minimum Gasteiger partial charge on any atom is -0.328 e. The molecule has 3 rings (SSSR count). The van der Waals surface area contributed by atoms with E-state index in [1.54, 1.807) is 6.26 Å². The van der Waals surface area contributed by atoms with E-state index in [9.17, 15) is 39.6 Å². The Morgan fingerprint density at radius 1 is 1.24 bits per heavy atom. The Hall–Kier alpha value is -3.24. The molecule has 0 unspecified atom stereocenters. The highest BCUT2D eigenvalue weighted by Gasteiger charge is 2.50. The molecule has 0 bridgehead atoms. The van der Waals surface area contributed by atoms with E-state index in [1.165, 1.54) is 6.92 Å². The Morgan fingerprint density at radius 2 is 1.83 bits per heavy atom. The lowest BCUT2D eigenvalue weighted by atomic mass is 10.1. The van der Waals surface area contributed by atoms with Crippen LogP contribution in [0.25, 0.3) is 5.70 Å². The fourth-order valence-corrected chi connectivity index (χ4v) is 6.62. The maximum atomic E-state index is 14.9. The van der Waals surface area contributed by atoms with E-state index in [4.69, 9.17) is 0 Å². The summed E-state index contributed by atoms with van der Waals surface area (Å²) in [7, 11) is -4.44. The van der Waals surface area contributed by atoms with Crippen LogP contribution < -0.4 is 0 Å². The number of thioether (sulfide) groups is 1. The molecule has 228 valence electrons. The zero-order chi connectivity index (χ0) is 31.4. The second-order valence-electron chi connectivity index (χ2n) is 9.29. The van der Waals surface area contributed by atoms with Crippen molar-refractivity contribution in [2.75, 3.05) is 18.7 Å². The van der Waals surface area contributed by atoms with Gasteiger partial charge in [-0.25, -0.2) is 31.6 Å². The van der Waals surface area contributed by atoms with Gasteiger partial charge in [-0.15, -0.1) is 11.8 Å². The summed E-state index contributed by atoms with van der Waals surface area (Å²) in [4.78, 5) is 24.8. The number of nitrogens with zero attached hydrogens (tertiary/aromatic N) is 5. The van der Waals surface area contributed by atoms with Crippen molar-refractivity contribution in [1.82, 2.24) is 19.2 Å². The number of amides is 1. The van der Waals surface area contributed by atoms with Crippen LogP contribution in [0.15, 0.2) is 64.0 Å². The van der Waals surface area contributed by atoms with Crippen LogP contribution in [0.2, 0.25) is 0 Å². The summed E-state index contributed by atoms with van der Waals surface area (Å²) in [5.74, 6) is -3.70. The van der Waals surface area contributed by atoms with Gasteiger partial charge in [0.15, 0.2) is 0 Å². The summed E-state index contributed by atoms with van der Waals surface area (Å²) in [5, 5.41) is 0. The Bertz CT molecular complexity index is 1460. The highest BCUT2D eigenvalue weighted by atomic mass is 32.2. The lowest BCUT2D eigenvalue weighted by molar-refractivity contribution is -0.145. The summed E-state index contributed by atoms with van der Waals surface area (Å²) in [6.07, 6.45) is -2.47. The number of aliphatic imine (C=N–C) groups is 1. The number of halogens is 6. The van der Waals surface area contributed by atoms with Gasteiger partial charge in [-0.2, -0.15) is 17.5 Å². The normalized spacial score (nSPS) is 20.8. The molecule has 3 atom stereocenters. The van der Waals surface area contributed by atoms with Crippen molar-refractivity contribution >= 4 is 40.1 Å². The molecule has 0 radical (unpaired) electrons. The second-order valence-corrected chi connectivity index (χ2v) is 12.0. The first-order chi connectivity index (χ1) is 19.6. The molecule has 42 heavy (non-hydrogen) atoms. The van der Waals surface area contributed by atoms with E-state index in [1.807, 2.05) is 0 Å². The Balaban J connectivity index is 1.96. The molecule has 1 aliphatic rings. The molecule has 0 N–H and O–H groups in total. The van der Waals surface area contributed by atoms with Crippen LogP contribution in [-0.4, -0.2) is 77.1 Å². The maximum Gasteiger partial charge on any atom is 0.451 e. The van der Waals surface area contributed by atoms with Gasteiger partial charge in [0.2, 0.25) is 21.8 Å². The van der Waals surface area contributed by atoms with Crippen LogP contribution in [0.4, 0.5) is 26.3 Å². The molecule has 0 saturated carbocycles. The van der Waals surface area contributed by atoms with Crippen LogP contribution in [0.1, 0.15) is 31.7 Å². The van der Waals surface area contributed by atoms with Crippen molar-refractivity contribution in [1.29, 1.82) is 0 Å². The van der Waals surface area contributed by atoms with Gasteiger partial charge in [-0.1, -0.05) is 0 Å². The average Bonchev–Trinajstić information content (AvgIpc) is 3.24. The van der Waals surface area contributed by atoms with E-state index in [0.29, 0.717) is 0 Å². The summed E-state index contributed by atoms with van der Waals surface area (Å²) < 4.78 is 109. The number of alkyl halides is 4. The van der Waals surface area contributed by atoms with Crippen molar-refractivity contribution in [3.63, 3.8) is 0 Å². The van der Waals surface area contributed by atoms with E-state index in [0.717, 1.165) is 70.6 Å². The van der Waals surface area contributed by atoms with Crippen LogP contribution >= 0.6 is 11.8 Å². The molecular weight excluding hydrogens is 608 g/mol. The average molecular weight is 636 g/mol. The lowest BCUT2D eigenvalue weighted by Crippen LogP contribution is -2.50. The predicted octanol–water partition coefficient (Wildman–Crippen LogP) is 5.26. The highest BCUT2D eigenvalue weighted by molar-refractivity contribution is 7.98. The van der Waals surface area contributed by atoms with E-state index in [2.05, 4.69) is 21.7 Å². The zero-order valence-corrected chi connectivity index (χ0v) is 24.3. The molecule has 8 nitrogen and oxygen atoms in total. The number of carbonyl (C=O) groups excluding carboxylic acids is 1. The second kappa shape index (κ2) is 13.4. The van der Waals surface area contributed by atoms with Gasteiger partial charge in [-0.3, -0.25) is 9.79 Å². The smallest absolute Gasteiger partial charge is 0.328 e. The minimum atomic E-state index is -4.78. The predicted molar refractivity (Wildman–Crippen MR) is 147 cm³/mol. The Labute approximate surface area is 243 Å². The van der Waals surface area contributed by atoms with E-state index in [-0.39, 0.29) is 27.6 Å². The molecule has 2 aromatic rings. The molecule has 1 aromatic heterocycles. The minimum absolute atomic E-state index is 0.0130. The fraction of sp³-hybridized carbons (Fsp3) is 0.385. The lowest BCUT2D eigenvalue weighted by Gasteiger charge is -2.31. The van der Waals surface area contributed by atoms with Crippen molar-refractivity contribution in [3.05, 3.63) is 71.3 Å². The molecule has 0 spiro atoms. The highest BCUT2D eigenvalue weighted by Crippen LogP contribution is 2.35. The number of benzene rings is 1. The van der Waals surface area contributed by atoms with Crippen LogP contribution in [0.3, 0.4) is 0 Å². The number of hydrogen-bond donors (Lipinski definition) is 0. The molecule has 0 aliphatic carbocycles. The van der Waals surface area contributed by atoms with E-state index >= 15 is 0 Å². The van der Waals surface area contributed by atoms with Gasteiger partial charge in [0.1, 0.15) is 23.9 Å². The van der Waals surface area contributed by atoms with Gasteiger partial charge in [0.05, 0.1) is 22.5 Å². The topological polar surface area (TPSA) is 95.8 Å². The molecule has 16 heteroatoms. The van der Waals surface area contributed by atoms with Gasteiger partial charge >= 0.3 is 6.18 Å². The van der Waals surface area contributed by atoms with Crippen molar-refractivity contribution in [2.24, 2.45) is 4.99 Å². The molecule has 1 fully saturated rings. The number of carbonyl (C=O) groups is 1. The first kappa shape index (κ1) is 33.3. The summed E-state index contributed by atoms with van der Waals surface area (Å²) in [6.45, 7) is 5.33. The Morgan fingerprint density at radius 3 is 2.33 bits per heavy atom. The number of allylic oxidation sites excluding steroid dienone is 1.